The predicted octanol–water partition coefficient (Wildman–Crippen LogP) is 6.25. The summed E-state index contributed by atoms with van der Waals surface area (Å²) in [5.74, 6) is 1.08. The number of hydrogen-bond acceptors (Lipinski definition) is 7. The van der Waals surface area contributed by atoms with E-state index in [1.54, 1.807) is 40.6 Å². The second-order valence-corrected chi connectivity index (χ2v) is 9.62. The lowest BCUT2D eigenvalue weighted by Crippen LogP contribution is -2.36. The number of halogens is 1. The van der Waals surface area contributed by atoms with Gasteiger partial charge in [0.1, 0.15) is 0 Å². The molecule has 32 heavy (non-hydrogen) atoms. The molecule has 1 atom stereocenters. The van der Waals surface area contributed by atoms with E-state index in [9.17, 15) is 4.79 Å². The van der Waals surface area contributed by atoms with Crippen LogP contribution in [0.2, 0.25) is 5.02 Å². The Bertz CT molecular complexity index is 1130. The summed E-state index contributed by atoms with van der Waals surface area (Å²) < 4.78 is 6.39. The van der Waals surface area contributed by atoms with E-state index in [2.05, 4.69) is 22.1 Å². The van der Waals surface area contributed by atoms with Crippen molar-refractivity contribution < 1.29 is 9.53 Å². The molecule has 0 unspecified atom stereocenters. The fourth-order valence-corrected chi connectivity index (χ4v) is 4.87. The number of ether oxygens (including phenoxy) is 1. The van der Waals surface area contributed by atoms with Crippen LogP contribution in [-0.2, 0) is 4.79 Å². The van der Waals surface area contributed by atoms with Gasteiger partial charge in [-0.25, -0.2) is 0 Å². The maximum absolute atomic E-state index is 12.8. The van der Waals surface area contributed by atoms with Gasteiger partial charge in [0.15, 0.2) is 5.69 Å². The van der Waals surface area contributed by atoms with Gasteiger partial charge in [0.2, 0.25) is 23.2 Å². The standard InChI is InChI=1S/C23H23ClN4O2S2/c1-4-5-12-32-23-25-21-20(26-27-23)18-13-16(24)8-11-19(18)28(14(2)29)22(30-21)15-6-9-17(31-3)10-7-15/h6-11,13,22H,4-5,12H2,1-3H3/t22-/m1/s1. The summed E-state index contributed by atoms with van der Waals surface area (Å²) in [5, 5.41) is 9.81. The van der Waals surface area contributed by atoms with Gasteiger partial charge in [-0.05, 0) is 43.0 Å². The lowest BCUT2D eigenvalue weighted by molar-refractivity contribution is -0.118. The molecule has 1 amide bonds. The number of fused-ring (bicyclic) bond motifs is 3. The van der Waals surface area contributed by atoms with Gasteiger partial charge >= 0.3 is 0 Å². The highest BCUT2D eigenvalue weighted by atomic mass is 35.5. The molecule has 0 fully saturated rings. The summed E-state index contributed by atoms with van der Waals surface area (Å²) in [5.41, 5.74) is 2.63. The van der Waals surface area contributed by atoms with Crippen LogP contribution in [0.15, 0.2) is 52.5 Å². The molecule has 4 rings (SSSR count). The van der Waals surface area contributed by atoms with Crippen LogP contribution in [0.1, 0.15) is 38.5 Å². The van der Waals surface area contributed by atoms with E-state index in [1.165, 1.54) is 6.92 Å². The number of anilines is 1. The van der Waals surface area contributed by atoms with Crippen molar-refractivity contribution >= 4 is 46.7 Å². The number of benzene rings is 2. The van der Waals surface area contributed by atoms with Gasteiger partial charge in [-0.1, -0.05) is 48.8 Å². The largest absolute Gasteiger partial charge is 0.447 e. The first-order valence-electron chi connectivity index (χ1n) is 10.3. The summed E-state index contributed by atoms with van der Waals surface area (Å²) in [6.45, 7) is 3.66. The van der Waals surface area contributed by atoms with Crippen molar-refractivity contribution in [3.8, 4) is 17.1 Å². The van der Waals surface area contributed by atoms with Crippen molar-refractivity contribution in [1.29, 1.82) is 0 Å². The van der Waals surface area contributed by atoms with E-state index >= 15 is 0 Å². The van der Waals surface area contributed by atoms with Gasteiger partial charge in [0, 0.05) is 33.7 Å². The topological polar surface area (TPSA) is 68.2 Å². The van der Waals surface area contributed by atoms with Crippen molar-refractivity contribution in [2.45, 2.75) is 43.0 Å². The van der Waals surface area contributed by atoms with Gasteiger partial charge in [-0.3, -0.25) is 9.69 Å². The van der Waals surface area contributed by atoms with Crippen LogP contribution in [-0.4, -0.2) is 33.1 Å². The molecule has 1 aliphatic heterocycles. The second kappa shape index (κ2) is 10.1. The summed E-state index contributed by atoms with van der Waals surface area (Å²) in [6.07, 6.45) is 3.48. The smallest absolute Gasteiger partial charge is 0.247 e. The Labute approximate surface area is 201 Å². The highest BCUT2D eigenvalue weighted by molar-refractivity contribution is 7.99. The van der Waals surface area contributed by atoms with Crippen LogP contribution in [0.4, 0.5) is 5.69 Å². The second-order valence-electron chi connectivity index (χ2n) is 7.24. The van der Waals surface area contributed by atoms with Crippen molar-refractivity contribution in [3.63, 3.8) is 0 Å². The molecule has 6 nitrogen and oxygen atoms in total. The number of unbranched alkanes of at least 4 members (excludes halogenated alkanes) is 1. The fraction of sp³-hybridized carbons (Fsp3) is 0.304. The molecule has 9 heteroatoms. The maximum atomic E-state index is 12.8. The first-order valence-corrected chi connectivity index (χ1v) is 12.9. The summed E-state index contributed by atoms with van der Waals surface area (Å²) >= 11 is 9.51. The normalized spacial score (nSPS) is 14.9. The molecule has 0 aliphatic carbocycles. The third kappa shape index (κ3) is 4.72. The van der Waals surface area contributed by atoms with Crippen LogP contribution < -0.4 is 9.64 Å². The van der Waals surface area contributed by atoms with Crippen molar-refractivity contribution in [3.05, 3.63) is 53.1 Å². The first kappa shape index (κ1) is 22.9. The van der Waals surface area contributed by atoms with Crippen LogP contribution in [0.3, 0.4) is 0 Å². The zero-order chi connectivity index (χ0) is 22.7. The quantitative estimate of drug-likeness (QED) is 0.301. The number of carbonyl (C=O) groups is 1. The Hall–Kier alpha value is -2.29. The maximum Gasteiger partial charge on any atom is 0.247 e. The summed E-state index contributed by atoms with van der Waals surface area (Å²) in [4.78, 5) is 20.3. The average molecular weight is 487 g/mol. The zero-order valence-corrected chi connectivity index (χ0v) is 20.4. The predicted molar refractivity (Wildman–Crippen MR) is 131 cm³/mol. The van der Waals surface area contributed by atoms with E-state index in [4.69, 9.17) is 16.3 Å². The number of amides is 1. The van der Waals surface area contributed by atoms with Crippen LogP contribution in [0.25, 0.3) is 11.3 Å². The monoisotopic (exact) mass is 486 g/mol. The van der Waals surface area contributed by atoms with Gasteiger partial charge in [-0.2, -0.15) is 4.98 Å². The van der Waals surface area contributed by atoms with Crippen molar-refractivity contribution in [1.82, 2.24) is 15.2 Å². The van der Waals surface area contributed by atoms with Crippen LogP contribution in [0.5, 0.6) is 5.88 Å². The van der Waals surface area contributed by atoms with E-state index in [1.807, 2.05) is 36.6 Å². The molecule has 0 spiro atoms. The van der Waals surface area contributed by atoms with Crippen LogP contribution in [0, 0.1) is 0 Å². The molecule has 1 aliphatic rings. The molecule has 0 N–H and O–H groups in total. The summed E-state index contributed by atoms with van der Waals surface area (Å²) in [6, 6.07) is 13.3. The van der Waals surface area contributed by atoms with Crippen molar-refractivity contribution in [2.75, 3.05) is 16.9 Å². The van der Waals surface area contributed by atoms with E-state index in [0.717, 1.165) is 29.1 Å². The Kier molecular flexibility index (Phi) is 7.23. The Morgan fingerprint density at radius 3 is 2.66 bits per heavy atom. The fourth-order valence-electron chi connectivity index (χ4n) is 3.43. The highest BCUT2D eigenvalue weighted by Gasteiger charge is 2.34. The third-order valence-electron chi connectivity index (χ3n) is 5.04. The molecular formula is C23H23ClN4O2S2. The van der Waals surface area contributed by atoms with Crippen LogP contribution >= 0.6 is 35.1 Å². The lowest BCUT2D eigenvalue weighted by atomic mass is 10.1. The minimum absolute atomic E-state index is 0.161. The third-order valence-corrected chi connectivity index (χ3v) is 6.94. The first-order chi connectivity index (χ1) is 15.5. The van der Waals surface area contributed by atoms with Gasteiger partial charge in [0.05, 0.1) is 5.69 Å². The number of aromatic nitrogens is 3. The number of thioether (sulfide) groups is 2. The molecule has 2 aromatic carbocycles. The van der Waals surface area contributed by atoms with Gasteiger partial charge < -0.3 is 4.74 Å². The zero-order valence-electron chi connectivity index (χ0n) is 18.0. The van der Waals surface area contributed by atoms with E-state index < -0.39 is 6.23 Å². The molecule has 0 bridgehead atoms. The molecule has 0 saturated heterocycles. The van der Waals surface area contributed by atoms with Crippen molar-refractivity contribution in [2.24, 2.45) is 0 Å². The molecule has 0 saturated carbocycles. The molecule has 1 aromatic heterocycles. The molecule has 0 radical (unpaired) electrons. The molecule has 166 valence electrons. The average Bonchev–Trinajstić information content (AvgIpc) is 2.93. The number of nitrogens with zero attached hydrogens (tertiary/aromatic N) is 4. The van der Waals surface area contributed by atoms with Gasteiger partial charge in [0.25, 0.3) is 0 Å². The lowest BCUT2D eigenvalue weighted by Gasteiger charge is -2.30. The number of rotatable bonds is 6. The highest BCUT2D eigenvalue weighted by Crippen LogP contribution is 2.44. The Morgan fingerprint density at radius 2 is 1.97 bits per heavy atom. The number of hydrogen-bond donors (Lipinski definition) is 0. The van der Waals surface area contributed by atoms with Gasteiger partial charge in [-0.15, -0.1) is 22.0 Å². The Balaban J connectivity index is 1.86. The van der Waals surface area contributed by atoms with E-state index in [0.29, 0.717) is 33.0 Å². The molecule has 2 heterocycles. The minimum Gasteiger partial charge on any atom is -0.447 e. The SMILES string of the molecule is CCCCSc1nnc2c(n1)O[C@H](c1ccc(SC)cc1)N(C(C)=O)c1ccc(Cl)cc1-2. The molecule has 3 aromatic rings. The minimum atomic E-state index is -0.699. The van der Waals surface area contributed by atoms with E-state index in [-0.39, 0.29) is 5.91 Å². The summed E-state index contributed by atoms with van der Waals surface area (Å²) in [7, 11) is 0. The Morgan fingerprint density at radius 1 is 1.19 bits per heavy atom. The molecular weight excluding hydrogens is 464 g/mol. The number of carbonyl (C=O) groups excluding carboxylic acids is 1.